The summed E-state index contributed by atoms with van der Waals surface area (Å²) in [5.74, 6) is 0.225. The van der Waals surface area contributed by atoms with Gasteiger partial charge in [-0.3, -0.25) is 10.1 Å². The molecule has 1 amide bonds. The van der Waals surface area contributed by atoms with E-state index in [0.29, 0.717) is 26.5 Å². The summed E-state index contributed by atoms with van der Waals surface area (Å²) in [6.45, 7) is 3.43. The van der Waals surface area contributed by atoms with Crippen LogP contribution in [0.2, 0.25) is 4.34 Å². The quantitative estimate of drug-likeness (QED) is 0.768. The van der Waals surface area contributed by atoms with Crippen LogP contribution in [0.1, 0.15) is 21.8 Å². The summed E-state index contributed by atoms with van der Waals surface area (Å²) < 4.78 is 5.70. The zero-order valence-corrected chi connectivity index (χ0v) is 13.5. The van der Waals surface area contributed by atoms with E-state index >= 15 is 0 Å². The Morgan fingerprint density at radius 3 is 2.81 bits per heavy atom. The van der Waals surface area contributed by atoms with E-state index in [-0.39, 0.29) is 5.91 Å². The summed E-state index contributed by atoms with van der Waals surface area (Å²) >= 11 is 8.72. The highest BCUT2D eigenvalue weighted by Gasteiger charge is 2.18. The number of hydrogen-bond acceptors (Lipinski definition) is 6. The molecule has 0 bridgehead atoms. The number of rotatable bonds is 3. The molecule has 0 fully saturated rings. The lowest BCUT2D eigenvalue weighted by Gasteiger charge is -1.99. The Morgan fingerprint density at radius 1 is 1.38 bits per heavy atom. The highest BCUT2D eigenvalue weighted by Crippen LogP contribution is 2.33. The van der Waals surface area contributed by atoms with Gasteiger partial charge in [0.05, 0.1) is 20.6 Å². The number of carbonyl (C=O) groups is 1. The molecule has 108 valence electrons. The van der Waals surface area contributed by atoms with Gasteiger partial charge in [0.25, 0.3) is 5.91 Å². The maximum Gasteiger partial charge on any atom is 0.262 e. The fourth-order valence-electron chi connectivity index (χ4n) is 1.86. The number of amides is 1. The number of thiophene rings is 1. The molecular formula is C13H10ClN3O2S2. The molecule has 0 atom stereocenters. The maximum atomic E-state index is 12.2. The molecule has 0 saturated heterocycles. The molecule has 0 saturated carbocycles. The summed E-state index contributed by atoms with van der Waals surface area (Å²) in [5.41, 5.74) is 1.81. The highest BCUT2D eigenvalue weighted by molar-refractivity contribution is 7.20. The van der Waals surface area contributed by atoms with E-state index in [4.69, 9.17) is 16.1 Å². The molecule has 1 N–H and O–H groups in total. The zero-order chi connectivity index (χ0) is 15.0. The first-order chi connectivity index (χ1) is 10.0. The van der Waals surface area contributed by atoms with Crippen molar-refractivity contribution in [3.05, 3.63) is 38.9 Å². The van der Waals surface area contributed by atoms with E-state index in [1.807, 2.05) is 17.5 Å². The Bertz CT molecular complexity index is 787. The van der Waals surface area contributed by atoms with Crippen LogP contribution in [0.15, 0.2) is 22.0 Å². The van der Waals surface area contributed by atoms with Crippen molar-refractivity contribution in [3.8, 4) is 10.6 Å². The number of nitrogens with one attached hydrogen (secondary N) is 1. The van der Waals surface area contributed by atoms with Gasteiger partial charge in [-0.1, -0.05) is 16.8 Å². The van der Waals surface area contributed by atoms with Gasteiger partial charge in [-0.25, -0.2) is 4.98 Å². The highest BCUT2D eigenvalue weighted by atomic mass is 35.5. The molecule has 0 aromatic carbocycles. The minimum Gasteiger partial charge on any atom is -0.361 e. The lowest BCUT2D eigenvalue weighted by atomic mass is 10.2. The van der Waals surface area contributed by atoms with Crippen LogP contribution in [0.25, 0.3) is 10.6 Å². The van der Waals surface area contributed by atoms with E-state index in [9.17, 15) is 4.79 Å². The molecule has 0 aliphatic rings. The molecule has 0 unspecified atom stereocenters. The number of thiazole rings is 1. The van der Waals surface area contributed by atoms with Gasteiger partial charge in [-0.2, -0.15) is 0 Å². The number of carbonyl (C=O) groups excluding carboxylic acids is 1. The third kappa shape index (κ3) is 2.85. The van der Waals surface area contributed by atoms with E-state index in [2.05, 4.69) is 15.5 Å². The van der Waals surface area contributed by atoms with Crippen molar-refractivity contribution in [2.45, 2.75) is 13.8 Å². The maximum absolute atomic E-state index is 12.2. The first kappa shape index (κ1) is 14.2. The molecule has 8 heteroatoms. The van der Waals surface area contributed by atoms with Crippen LogP contribution in [-0.4, -0.2) is 16.0 Å². The van der Waals surface area contributed by atoms with Gasteiger partial charge in [0.2, 0.25) is 0 Å². The lowest BCUT2D eigenvalue weighted by Crippen LogP contribution is -2.13. The van der Waals surface area contributed by atoms with E-state index in [1.54, 1.807) is 13.8 Å². The first-order valence-electron chi connectivity index (χ1n) is 6.00. The number of hydrogen-bond donors (Lipinski definition) is 1. The summed E-state index contributed by atoms with van der Waals surface area (Å²) in [5, 5.41) is 8.94. The van der Waals surface area contributed by atoms with Gasteiger partial charge in [0, 0.05) is 5.38 Å². The van der Waals surface area contributed by atoms with Gasteiger partial charge in [-0.05, 0) is 26.0 Å². The smallest absolute Gasteiger partial charge is 0.262 e. The third-order valence-electron chi connectivity index (χ3n) is 2.81. The average molecular weight is 340 g/mol. The van der Waals surface area contributed by atoms with E-state index in [0.717, 1.165) is 10.6 Å². The Balaban J connectivity index is 1.80. The SMILES string of the molecule is Cc1noc(C)c1C(=O)Nc1nc(-c2ccc(Cl)s2)cs1. The van der Waals surface area contributed by atoms with Crippen molar-refractivity contribution in [3.63, 3.8) is 0 Å². The Kier molecular flexibility index (Phi) is 3.79. The van der Waals surface area contributed by atoms with Crippen molar-refractivity contribution >= 4 is 45.3 Å². The standard InChI is InChI=1S/C13H10ClN3O2S2/c1-6-11(7(2)19-17-6)12(18)16-13-15-8(5-20-13)9-3-4-10(14)21-9/h3-5H,1-2H3,(H,15,16,18). The molecular weight excluding hydrogens is 330 g/mol. The predicted octanol–water partition coefficient (Wildman–Crippen LogP) is 4.38. The predicted molar refractivity (Wildman–Crippen MR) is 84.4 cm³/mol. The van der Waals surface area contributed by atoms with Crippen LogP contribution in [0.3, 0.4) is 0 Å². The number of anilines is 1. The van der Waals surface area contributed by atoms with Crippen LogP contribution in [0.5, 0.6) is 0 Å². The topological polar surface area (TPSA) is 68.0 Å². The normalized spacial score (nSPS) is 10.8. The minimum absolute atomic E-state index is 0.267. The molecule has 0 aliphatic heterocycles. The average Bonchev–Trinajstić information content (AvgIpc) is 3.11. The zero-order valence-electron chi connectivity index (χ0n) is 11.1. The number of nitrogens with zero attached hydrogens (tertiary/aromatic N) is 2. The summed E-state index contributed by atoms with van der Waals surface area (Å²) in [7, 11) is 0. The van der Waals surface area contributed by atoms with E-state index in [1.165, 1.54) is 22.7 Å². The fraction of sp³-hybridized carbons (Fsp3) is 0.154. The molecule has 3 aromatic heterocycles. The van der Waals surface area contributed by atoms with Gasteiger partial charge < -0.3 is 4.52 Å². The minimum atomic E-state index is -0.267. The second-order valence-electron chi connectivity index (χ2n) is 4.29. The molecule has 5 nitrogen and oxygen atoms in total. The molecule has 0 aliphatic carbocycles. The molecule has 0 spiro atoms. The molecule has 3 heterocycles. The largest absolute Gasteiger partial charge is 0.361 e. The Morgan fingerprint density at radius 2 is 2.19 bits per heavy atom. The summed E-state index contributed by atoms with van der Waals surface area (Å²) in [4.78, 5) is 17.6. The fourth-order valence-corrected chi connectivity index (χ4v) is 3.65. The van der Waals surface area contributed by atoms with Crippen molar-refractivity contribution in [2.75, 3.05) is 5.32 Å². The number of aryl methyl sites for hydroxylation is 2. The van der Waals surface area contributed by atoms with Gasteiger partial charge in [-0.15, -0.1) is 22.7 Å². The number of halogens is 1. The Labute approximate surface area is 133 Å². The van der Waals surface area contributed by atoms with Crippen LogP contribution in [0.4, 0.5) is 5.13 Å². The van der Waals surface area contributed by atoms with E-state index < -0.39 is 0 Å². The van der Waals surface area contributed by atoms with Gasteiger partial charge in [0.1, 0.15) is 11.3 Å². The summed E-state index contributed by atoms with van der Waals surface area (Å²) in [6, 6.07) is 3.73. The Hall–Kier alpha value is -1.70. The summed E-state index contributed by atoms with van der Waals surface area (Å²) in [6.07, 6.45) is 0. The van der Waals surface area contributed by atoms with Gasteiger partial charge in [0.15, 0.2) is 5.13 Å². The van der Waals surface area contributed by atoms with Crippen LogP contribution < -0.4 is 5.32 Å². The molecule has 3 rings (SSSR count). The second-order valence-corrected chi connectivity index (χ2v) is 6.87. The third-order valence-corrected chi connectivity index (χ3v) is 4.82. The van der Waals surface area contributed by atoms with Gasteiger partial charge >= 0.3 is 0 Å². The van der Waals surface area contributed by atoms with Crippen molar-refractivity contribution in [2.24, 2.45) is 0 Å². The van der Waals surface area contributed by atoms with Crippen molar-refractivity contribution in [1.82, 2.24) is 10.1 Å². The first-order valence-corrected chi connectivity index (χ1v) is 8.07. The van der Waals surface area contributed by atoms with Crippen LogP contribution in [0, 0.1) is 13.8 Å². The second kappa shape index (κ2) is 5.59. The molecule has 0 radical (unpaired) electrons. The van der Waals surface area contributed by atoms with Crippen molar-refractivity contribution in [1.29, 1.82) is 0 Å². The number of aromatic nitrogens is 2. The monoisotopic (exact) mass is 339 g/mol. The molecule has 3 aromatic rings. The molecule has 21 heavy (non-hydrogen) atoms. The van der Waals surface area contributed by atoms with Crippen LogP contribution in [-0.2, 0) is 0 Å². The lowest BCUT2D eigenvalue weighted by molar-refractivity contribution is 0.102. The van der Waals surface area contributed by atoms with Crippen molar-refractivity contribution < 1.29 is 9.32 Å². The van der Waals surface area contributed by atoms with Crippen LogP contribution >= 0.6 is 34.3 Å².